The Bertz CT molecular complexity index is 252. The maximum Gasteiger partial charge on any atom is 0.119 e. The van der Waals surface area contributed by atoms with Crippen LogP contribution in [0, 0.1) is 0 Å². The number of ether oxygens (including phenoxy) is 1. The zero-order chi connectivity index (χ0) is 9.52. The second-order valence-corrected chi connectivity index (χ2v) is 3.23. The van der Waals surface area contributed by atoms with Crippen LogP contribution >= 0.6 is 15.9 Å². The number of hydrogen-bond acceptors (Lipinski definition) is 1. The highest BCUT2D eigenvalue weighted by Crippen LogP contribution is 2.15. The molecule has 0 saturated carbocycles. The molecule has 0 amide bonds. The Morgan fingerprint density at radius 3 is 2.92 bits per heavy atom. The average molecular weight is 247 g/mol. The minimum atomic E-state index is -0.321. The van der Waals surface area contributed by atoms with Gasteiger partial charge in [-0.1, -0.05) is 28.1 Å². The molecule has 0 fully saturated rings. The lowest BCUT2D eigenvalue weighted by atomic mass is 10.2. The Labute approximate surface area is 86.0 Å². The van der Waals surface area contributed by atoms with Gasteiger partial charge in [0.2, 0.25) is 0 Å². The molecule has 0 spiro atoms. The van der Waals surface area contributed by atoms with E-state index in [0.29, 0.717) is 13.0 Å². The highest BCUT2D eigenvalue weighted by atomic mass is 79.9. The Morgan fingerprint density at radius 1 is 1.38 bits per heavy atom. The summed E-state index contributed by atoms with van der Waals surface area (Å²) in [6, 6.07) is 7.77. The van der Waals surface area contributed by atoms with Gasteiger partial charge in [0.1, 0.15) is 5.75 Å². The lowest BCUT2D eigenvalue weighted by Gasteiger charge is -2.05. The molecular formula is C10H12BrFO. The largest absolute Gasteiger partial charge is 0.493 e. The smallest absolute Gasteiger partial charge is 0.119 e. The fourth-order valence-corrected chi connectivity index (χ4v) is 1.31. The highest BCUT2D eigenvalue weighted by molar-refractivity contribution is 9.08. The molecular weight excluding hydrogens is 235 g/mol. The van der Waals surface area contributed by atoms with E-state index in [4.69, 9.17) is 4.74 Å². The van der Waals surface area contributed by atoms with Crippen molar-refractivity contribution in [3.8, 4) is 5.75 Å². The van der Waals surface area contributed by atoms with Gasteiger partial charge in [-0.15, -0.1) is 0 Å². The van der Waals surface area contributed by atoms with Crippen LogP contribution in [0.5, 0.6) is 5.75 Å². The van der Waals surface area contributed by atoms with Crippen LogP contribution < -0.4 is 4.74 Å². The van der Waals surface area contributed by atoms with E-state index in [1.165, 1.54) is 0 Å². The molecule has 0 aromatic heterocycles. The lowest BCUT2D eigenvalue weighted by molar-refractivity contribution is 0.289. The third-order valence-corrected chi connectivity index (χ3v) is 2.25. The number of hydrogen-bond donors (Lipinski definition) is 0. The molecule has 1 nitrogen and oxygen atoms in total. The Hall–Kier alpha value is -0.570. The summed E-state index contributed by atoms with van der Waals surface area (Å²) in [5, 5.41) is 0.813. The van der Waals surface area contributed by atoms with Gasteiger partial charge in [0.25, 0.3) is 0 Å². The molecule has 13 heavy (non-hydrogen) atoms. The quantitative estimate of drug-likeness (QED) is 0.572. The summed E-state index contributed by atoms with van der Waals surface area (Å²) in [6.45, 7) is 0.125. The molecule has 1 rings (SSSR count). The van der Waals surface area contributed by atoms with Gasteiger partial charge >= 0.3 is 0 Å². The van der Waals surface area contributed by atoms with Crippen molar-refractivity contribution in [2.24, 2.45) is 0 Å². The van der Waals surface area contributed by atoms with Crippen molar-refractivity contribution in [2.45, 2.75) is 11.8 Å². The van der Waals surface area contributed by atoms with Crippen LogP contribution in [0.2, 0.25) is 0 Å². The maximum absolute atomic E-state index is 11.8. The number of benzene rings is 1. The molecule has 0 unspecified atom stereocenters. The van der Waals surface area contributed by atoms with E-state index in [0.717, 1.165) is 16.6 Å². The van der Waals surface area contributed by atoms with Crippen LogP contribution in [0.1, 0.15) is 12.0 Å². The van der Waals surface area contributed by atoms with Gasteiger partial charge in [-0.3, -0.25) is 4.39 Å². The van der Waals surface area contributed by atoms with Crippen molar-refractivity contribution in [3.05, 3.63) is 29.8 Å². The molecule has 0 N–H and O–H groups in total. The molecule has 0 aliphatic heterocycles. The Kier molecular flexibility index (Phi) is 4.83. The van der Waals surface area contributed by atoms with E-state index in [2.05, 4.69) is 15.9 Å². The minimum absolute atomic E-state index is 0.321. The molecule has 0 bridgehead atoms. The molecule has 0 saturated heterocycles. The van der Waals surface area contributed by atoms with Crippen molar-refractivity contribution in [1.82, 2.24) is 0 Å². The molecule has 0 atom stereocenters. The fourth-order valence-electron chi connectivity index (χ4n) is 0.963. The van der Waals surface area contributed by atoms with Gasteiger partial charge in [-0.25, -0.2) is 0 Å². The minimum Gasteiger partial charge on any atom is -0.493 e. The van der Waals surface area contributed by atoms with Gasteiger partial charge in [-0.2, -0.15) is 0 Å². The van der Waals surface area contributed by atoms with Crippen molar-refractivity contribution in [2.75, 3.05) is 13.3 Å². The lowest BCUT2D eigenvalue weighted by Crippen LogP contribution is -1.98. The third-order valence-electron chi connectivity index (χ3n) is 1.60. The molecule has 0 aliphatic carbocycles. The van der Waals surface area contributed by atoms with Gasteiger partial charge in [0.15, 0.2) is 0 Å². The van der Waals surface area contributed by atoms with E-state index >= 15 is 0 Å². The summed E-state index contributed by atoms with van der Waals surface area (Å²) in [7, 11) is 0. The summed E-state index contributed by atoms with van der Waals surface area (Å²) >= 11 is 3.36. The average Bonchev–Trinajstić information content (AvgIpc) is 2.19. The van der Waals surface area contributed by atoms with Crippen LogP contribution in [0.4, 0.5) is 4.39 Å². The van der Waals surface area contributed by atoms with Crippen molar-refractivity contribution in [3.63, 3.8) is 0 Å². The molecule has 1 aromatic rings. The molecule has 72 valence electrons. The zero-order valence-corrected chi connectivity index (χ0v) is 8.89. The summed E-state index contributed by atoms with van der Waals surface area (Å²) in [6.07, 6.45) is 0.457. The van der Waals surface area contributed by atoms with E-state index in [1.807, 2.05) is 24.3 Å². The third kappa shape index (κ3) is 3.77. The number of halogens is 2. The summed E-state index contributed by atoms with van der Waals surface area (Å²) in [5.74, 6) is 0.811. The first-order chi connectivity index (χ1) is 6.36. The monoisotopic (exact) mass is 246 g/mol. The summed E-state index contributed by atoms with van der Waals surface area (Å²) in [5.41, 5.74) is 1.16. The van der Waals surface area contributed by atoms with E-state index in [1.54, 1.807) is 0 Å². The number of alkyl halides is 2. The van der Waals surface area contributed by atoms with Crippen LogP contribution in [0.15, 0.2) is 24.3 Å². The van der Waals surface area contributed by atoms with Gasteiger partial charge in [0.05, 0.1) is 13.3 Å². The van der Waals surface area contributed by atoms with E-state index in [9.17, 15) is 4.39 Å². The van der Waals surface area contributed by atoms with Gasteiger partial charge < -0.3 is 4.74 Å². The van der Waals surface area contributed by atoms with Crippen LogP contribution in [0.3, 0.4) is 0 Å². The van der Waals surface area contributed by atoms with Gasteiger partial charge in [-0.05, 0) is 17.7 Å². The first-order valence-corrected chi connectivity index (χ1v) is 5.32. The standard InChI is InChI=1S/C10H12BrFO/c11-8-9-3-1-4-10(7-9)13-6-2-5-12/h1,3-4,7H,2,5-6,8H2. The van der Waals surface area contributed by atoms with Crippen molar-refractivity contribution in [1.29, 1.82) is 0 Å². The van der Waals surface area contributed by atoms with Crippen LogP contribution in [-0.2, 0) is 5.33 Å². The predicted molar refractivity (Wildman–Crippen MR) is 55.2 cm³/mol. The SMILES string of the molecule is FCCCOc1cccc(CBr)c1. The Morgan fingerprint density at radius 2 is 2.23 bits per heavy atom. The highest BCUT2D eigenvalue weighted by Gasteiger charge is 1.95. The maximum atomic E-state index is 11.8. The molecule has 1 aromatic carbocycles. The predicted octanol–water partition coefficient (Wildman–Crippen LogP) is 3.32. The molecule has 0 heterocycles. The van der Waals surface area contributed by atoms with Crippen molar-refractivity contribution >= 4 is 15.9 Å². The van der Waals surface area contributed by atoms with Gasteiger partial charge in [0, 0.05) is 11.8 Å². The normalized spacial score (nSPS) is 10.0. The van der Waals surface area contributed by atoms with E-state index in [-0.39, 0.29) is 6.67 Å². The van der Waals surface area contributed by atoms with Crippen molar-refractivity contribution < 1.29 is 9.13 Å². The molecule has 0 radical (unpaired) electrons. The summed E-state index contributed by atoms with van der Waals surface area (Å²) < 4.78 is 17.1. The van der Waals surface area contributed by atoms with Crippen LogP contribution in [-0.4, -0.2) is 13.3 Å². The Balaban J connectivity index is 2.46. The first kappa shape index (κ1) is 10.5. The zero-order valence-electron chi connectivity index (χ0n) is 7.30. The molecule has 3 heteroatoms. The second kappa shape index (κ2) is 5.97. The fraction of sp³-hybridized carbons (Fsp3) is 0.400. The topological polar surface area (TPSA) is 9.23 Å². The second-order valence-electron chi connectivity index (χ2n) is 2.67. The molecule has 0 aliphatic rings. The summed E-state index contributed by atoms with van der Waals surface area (Å²) in [4.78, 5) is 0. The van der Waals surface area contributed by atoms with E-state index < -0.39 is 0 Å². The van der Waals surface area contributed by atoms with Crippen LogP contribution in [0.25, 0.3) is 0 Å². The first-order valence-electron chi connectivity index (χ1n) is 4.20. The number of rotatable bonds is 5.